The minimum atomic E-state index is -3.64. The molecule has 0 aliphatic carbocycles. The number of piperidine rings is 1. The minimum absolute atomic E-state index is 0.198. The van der Waals surface area contributed by atoms with Crippen LogP contribution in [-0.2, 0) is 23.2 Å². The van der Waals surface area contributed by atoms with Crippen LogP contribution in [0.1, 0.15) is 24.0 Å². The van der Waals surface area contributed by atoms with Crippen LogP contribution in [0.5, 0.6) is 5.75 Å². The predicted molar refractivity (Wildman–Crippen MR) is 121 cm³/mol. The summed E-state index contributed by atoms with van der Waals surface area (Å²) >= 11 is 5.96. The van der Waals surface area contributed by atoms with E-state index >= 15 is 0 Å². The fourth-order valence-corrected chi connectivity index (χ4v) is 5.50. The highest BCUT2D eigenvalue weighted by Crippen LogP contribution is 2.38. The third kappa shape index (κ3) is 4.54. The summed E-state index contributed by atoms with van der Waals surface area (Å²) in [5, 5.41) is 4.54. The Hall–Kier alpha value is -2.39. The summed E-state index contributed by atoms with van der Waals surface area (Å²) in [6, 6.07) is 12.8. The normalized spacial score (nSPS) is 16.9. The number of fused-ring (bicyclic) bond motifs is 3. The average Bonchev–Trinajstić information content (AvgIpc) is 3.29. The van der Waals surface area contributed by atoms with Crippen molar-refractivity contribution in [2.45, 2.75) is 30.9 Å². The SMILES string of the molecule is O=S(=O)(NCC1CCN(Cc2ccc(Cl)cc2)CC1)c1ccc2c(c1)-c1oncc1CO2. The van der Waals surface area contributed by atoms with Crippen molar-refractivity contribution in [3.8, 4) is 17.1 Å². The number of aromatic nitrogens is 1. The molecule has 5 rings (SSSR count). The van der Waals surface area contributed by atoms with E-state index in [4.69, 9.17) is 20.9 Å². The van der Waals surface area contributed by atoms with E-state index in [1.807, 2.05) is 24.3 Å². The van der Waals surface area contributed by atoms with Crippen molar-refractivity contribution in [2.24, 2.45) is 5.92 Å². The predicted octanol–water partition coefficient (Wildman–Crippen LogP) is 4.08. The molecule has 0 unspecified atom stereocenters. The summed E-state index contributed by atoms with van der Waals surface area (Å²) in [7, 11) is -3.64. The number of ether oxygens (including phenoxy) is 1. The smallest absolute Gasteiger partial charge is 0.240 e. The van der Waals surface area contributed by atoms with Gasteiger partial charge in [0.2, 0.25) is 10.0 Å². The van der Waals surface area contributed by atoms with Crippen LogP contribution in [-0.4, -0.2) is 38.1 Å². The quantitative estimate of drug-likeness (QED) is 0.580. The van der Waals surface area contributed by atoms with E-state index < -0.39 is 10.0 Å². The zero-order valence-electron chi connectivity index (χ0n) is 17.5. The Labute approximate surface area is 192 Å². The summed E-state index contributed by atoms with van der Waals surface area (Å²) in [4.78, 5) is 2.59. The number of sulfonamides is 1. The highest BCUT2D eigenvalue weighted by Gasteiger charge is 2.26. The molecule has 1 aromatic heterocycles. The molecule has 0 saturated carbocycles. The van der Waals surface area contributed by atoms with Gasteiger partial charge in [0.15, 0.2) is 5.76 Å². The number of nitrogens with zero attached hydrogens (tertiary/aromatic N) is 2. The van der Waals surface area contributed by atoms with Gasteiger partial charge in [0, 0.05) is 18.1 Å². The molecule has 0 radical (unpaired) electrons. The van der Waals surface area contributed by atoms with Gasteiger partial charge in [-0.15, -0.1) is 0 Å². The second-order valence-corrected chi connectivity index (χ2v) is 10.5. The number of hydrogen-bond donors (Lipinski definition) is 1. The second-order valence-electron chi connectivity index (χ2n) is 8.32. The highest BCUT2D eigenvalue weighted by molar-refractivity contribution is 7.89. The van der Waals surface area contributed by atoms with Crippen LogP contribution in [0.25, 0.3) is 11.3 Å². The van der Waals surface area contributed by atoms with Gasteiger partial charge in [-0.25, -0.2) is 13.1 Å². The Bertz CT molecular complexity index is 1200. The molecule has 1 N–H and O–H groups in total. The Balaban J connectivity index is 1.18. The maximum Gasteiger partial charge on any atom is 0.240 e. The van der Waals surface area contributed by atoms with Gasteiger partial charge >= 0.3 is 0 Å². The van der Waals surface area contributed by atoms with Gasteiger partial charge in [-0.05, 0) is 67.7 Å². The summed E-state index contributed by atoms with van der Waals surface area (Å²) in [6.07, 6.45) is 3.50. The molecule has 1 fully saturated rings. The van der Waals surface area contributed by atoms with Crippen LogP contribution < -0.4 is 9.46 Å². The van der Waals surface area contributed by atoms with E-state index in [1.54, 1.807) is 24.4 Å². The average molecular weight is 474 g/mol. The van der Waals surface area contributed by atoms with E-state index in [0.717, 1.165) is 43.1 Å². The van der Waals surface area contributed by atoms with Crippen LogP contribution >= 0.6 is 11.6 Å². The molecule has 2 aliphatic rings. The van der Waals surface area contributed by atoms with Crippen LogP contribution in [0, 0.1) is 5.92 Å². The van der Waals surface area contributed by atoms with Crippen molar-refractivity contribution in [3.63, 3.8) is 0 Å². The van der Waals surface area contributed by atoms with E-state index in [9.17, 15) is 8.42 Å². The number of hydrogen-bond acceptors (Lipinski definition) is 6. The molecule has 168 valence electrons. The number of halogens is 1. The monoisotopic (exact) mass is 473 g/mol. The lowest BCUT2D eigenvalue weighted by atomic mass is 9.97. The Morgan fingerprint density at radius 1 is 1.12 bits per heavy atom. The standard InChI is InChI=1S/C23H24ClN3O4S/c24-19-3-1-17(2-4-19)14-27-9-7-16(8-10-27)12-26-32(28,29)20-5-6-22-21(11-20)23-18(15-30-22)13-25-31-23/h1-6,11,13,16,26H,7-10,12,14-15H2. The fourth-order valence-electron chi connectivity index (χ4n) is 4.23. The lowest BCUT2D eigenvalue weighted by molar-refractivity contribution is 0.178. The molecule has 7 nitrogen and oxygen atoms in total. The first-order valence-corrected chi connectivity index (χ1v) is 12.5. The maximum absolute atomic E-state index is 12.9. The Morgan fingerprint density at radius 2 is 1.91 bits per heavy atom. The van der Waals surface area contributed by atoms with Crippen LogP contribution in [0.2, 0.25) is 5.02 Å². The molecule has 3 heterocycles. The molecule has 9 heteroatoms. The van der Waals surface area contributed by atoms with Gasteiger partial charge < -0.3 is 9.26 Å². The zero-order chi connectivity index (χ0) is 22.1. The number of likely N-dealkylation sites (tertiary alicyclic amines) is 1. The molecule has 0 spiro atoms. The molecule has 0 bridgehead atoms. The third-order valence-corrected chi connectivity index (χ3v) is 7.80. The van der Waals surface area contributed by atoms with Gasteiger partial charge in [-0.2, -0.15) is 0 Å². The largest absolute Gasteiger partial charge is 0.488 e. The lowest BCUT2D eigenvalue weighted by Crippen LogP contribution is -2.38. The van der Waals surface area contributed by atoms with E-state index in [1.165, 1.54) is 5.56 Å². The summed E-state index contributed by atoms with van der Waals surface area (Å²) in [6.45, 7) is 3.57. The minimum Gasteiger partial charge on any atom is -0.488 e. The fraction of sp³-hybridized carbons (Fsp3) is 0.348. The van der Waals surface area contributed by atoms with Crippen molar-refractivity contribution in [1.82, 2.24) is 14.8 Å². The van der Waals surface area contributed by atoms with Crippen molar-refractivity contribution < 1.29 is 17.7 Å². The number of nitrogens with one attached hydrogen (secondary N) is 1. The van der Waals surface area contributed by atoms with Crippen molar-refractivity contribution in [3.05, 3.63) is 64.8 Å². The van der Waals surface area contributed by atoms with Crippen molar-refractivity contribution in [1.29, 1.82) is 0 Å². The Kier molecular flexibility index (Phi) is 5.94. The molecule has 32 heavy (non-hydrogen) atoms. The number of rotatable bonds is 6. The van der Waals surface area contributed by atoms with Gasteiger partial charge in [0.1, 0.15) is 12.4 Å². The molecule has 2 aliphatic heterocycles. The van der Waals surface area contributed by atoms with Crippen molar-refractivity contribution >= 4 is 21.6 Å². The Morgan fingerprint density at radius 3 is 2.69 bits per heavy atom. The lowest BCUT2D eigenvalue weighted by Gasteiger charge is -2.32. The first kappa shape index (κ1) is 21.5. The first-order chi connectivity index (χ1) is 15.5. The van der Waals surface area contributed by atoms with Crippen LogP contribution in [0.4, 0.5) is 0 Å². The number of benzene rings is 2. The van der Waals surface area contributed by atoms with Gasteiger partial charge in [0.05, 0.1) is 22.2 Å². The van der Waals surface area contributed by atoms with E-state index in [2.05, 4.69) is 14.8 Å². The molecular weight excluding hydrogens is 450 g/mol. The van der Waals surface area contributed by atoms with E-state index in [0.29, 0.717) is 36.1 Å². The molecule has 0 amide bonds. The molecule has 0 atom stereocenters. The third-order valence-electron chi connectivity index (χ3n) is 6.12. The molecule has 1 saturated heterocycles. The second kappa shape index (κ2) is 8.86. The van der Waals surface area contributed by atoms with Crippen LogP contribution in [0.3, 0.4) is 0 Å². The van der Waals surface area contributed by atoms with Crippen LogP contribution in [0.15, 0.2) is 58.1 Å². The van der Waals surface area contributed by atoms with Gasteiger partial charge in [-0.3, -0.25) is 4.90 Å². The van der Waals surface area contributed by atoms with Crippen molar-refractivity contribution in [2.75, 3.05) is 19.6 Å². The first-order valence-electron chi connectivity index (χ1n) is 10.7. The van der Waals surface area contributed by atoms with Gasteiger partial charge in [0.25, 0.3) is 0 Å². The molecular formula is C23H24ClN3O4S. The topological polar surface area (TPSA) is 84.7 Å². The summed E-state index contributed by atoms with van der Waals surface area (Å²) in [5.74, 6) is 1.48. The summed E-state index contributed by atoms with van der Waals surface area (Å²) < 4.78 is 39.6. The van der Waals surface area contributed by atoms with E-state index in [-0.39, 0.29) is 4.90 Å². The molecule has 2 aromatic carbocycles. The molecule has 3 aromatic rings. The zero-order valence-corrected chi connectivity index (χ0v) is 19.0. The summed E-state index contributed by atoms with van der Waals surface area (Å²) in [5.41, 5.74) is 2.66. The highest BCUT2D eigenvalue weighted by atomic mass is 35.5. The van der Waals surface area contributed by atoms with Gasteiger partial charge in [-0.1, -0.05) is 28.9 Å². The maximum atomic E-state index is 12.9.